The van der Waals surface area contributed by atoms with Crippen LogP contribution < -0.4 is 0 Å². The minimum atomic E-state index is 1.20. The van der Waals surface area contributed by atoms with Gasteiger partial charge in [0.05, 0.1) is 0 Å². The van der Waals surface area contributed by atoms with E-state index < -0.39 is 0 Å². The molecule has 0 atom stereocenters. The third-order valence-electron chi connectivity index (χ3n) is 11.8. The van der Waals surface area contributed by atoms with Crippen molar-refractivity contribution >= 4 is 43.1 Å². The molecular formula is C58H38. The molecule has 0 aliphatic heterocycles. The van der Waals surface area contributed by atoms with E-state index in [9.17, 15) is 0 Å². The SMILES string of the molecule is c1ccc(-c2cc(-c3ccccc3)cc(-c3cccc4c(-c5ccc6c(-c7ccccc7)c7ccccc7c(-c7cccc8ccccc78)c6c5)cccc34)c2)cc1. The monoisotopic (exact) mass is 734 g/mol. The van der Waals surface area contributed by atoms with Crippen LogP contribution in [0.25, 0.3) is 110 Å². The molecule has 0 fully saturated rings. The summed E-state index contributed by atoms with van der Waals surface area (Å²) in [7, 11) is 0. The number of benzene rings is 11. The highest BCUT2D eigenvalue weighted by molar-refractivity contribution is 6.24. The lowest BCUT2D eigenvalue weighted by atomic mass is 9.83. The second-order valence-corrected chi connectivity index (χ2v) is 15.2. The van der Waals surface area contributed by atoms with Gasteiger partial charge in [-0.1, -0.05) is 206 Å². The Labute approximate surface area is 339 Å². The van der Waals surface area contributed by atoms with E-state index in [4.69, 9.17) is 0 Å². The van der Waals surface area contributed by atoms with E-state index in [1.807, 2.05) is 0 Å². The molecule has 0 heterocycles. The van der Waals surface area contributed by atoms with E-state index in [1.54, 1.807) is 0 Å². The van der Waals surface area contributed by atoms with Gasteiger partial charge in [-0.25, -0.2) is 0 Å². The normalized spacial score (nSPS) is 11.4. The molecule has 0 saturated heterocycles. The molecule has 11 aromatic carbocycles. The number of hydrogen-bond acceptors (Lipinski definition) is 0. The second kappa shape index (κ2) is 14.2. The molecule has 0 aliphatic carbocycles. The first-order valence-electron chi connectivity index (χ1n) is 20.1. The van der Waals surface area contributed by atoms with Crippen molar-refractivity contribution in [3.63, 3.8) is 0 Å². The molecule has 0 bridgehead atoms. The van der Waals surface area contributed by atoms with Crippen molar-refractivity contribution in [3.8, 4) is 66.8 Å². The maximum Gasteiger partial charge on any atom is -0.00199 e. The fourth-order valence-corrected chi connectivity index (χ4v) is 9.19. The Morgan fingerprint density at radius 1 is 0.172 bits per heavy atom. The van der Waals surface area contributed by atoms with Gasteiger partial charge in [-0.2, -0.15) is 0 Å². The van der Waals surface area contributed by atoms with Crippen molar-refractivity contribution in [1.82, 2.24) is 0 Å². The highest BCUT2D eigenvalue weighted by atomic mass is 14.2. The van der Waals surface area contributed by atoms with E-state index in [1.165, 1.54) is 110 Å². The Morgan fingerprint density at radius 2 is 0.603 bits per heavy atom. The van der Waals surface area contributed by atoms with Crippen LogP contribution in [0.2, 0.25) is 0 Å². The molecule has 11 aromatic rings. The molecule has 0 nitrogen and oxygen atoms in total. The first-order valence-corrected chi connectivity index (χ1v) is 20.1. The summed E-state index contributed by atoms with van der Waals surface area (Å²) in [6, 6.07) is 84.6. The molecule has 0 amide bonds. The van der Waals surface area contributed by atoms with Gasteiger partial charge < -0.3 is 0 Å². The first-order chi connectivity index (χ1) is 28.8. The molecule has 0 N–H and O–H groups in total. The third-order valence-corrected chi connectivity index (χ3v) is 11.8. The van der Waals surface area contributed by atoms with E-state index in [0.29, 0.717) is 0 Å². The van der Waals surface area contributed by atoms with Crippen LogP contribution in [0.3, 0.4) is 0 Å². The van der Waals surface area contributed by atoms with Crippen LogP contribution in [0.1, 0.15) is 0 Å². The Balaban J connectivity index is 1.17. The van der Waals surface area contributed by atoms with Crippen LogP contribution in [0.15, 0.2) is 231 Å². The zero-order valence-electron chi connectivity index (χ0n) is 31.9. The lowest BCUT2D eigenvalue weighted by molar-refractivity contribution is 1.57. The van der Waals surface area contributed by atoms with Crippen LogP contribution in [0, 0.1) is 0 Å². The van der Waals surface area contributed by atoms with E-state index in [2.05, 4.69) is 231 Å². The van der Waals surface area contributed by atoms with Crippen molar-refractivity contribution in [2.45, 2.75) is 0 Å². The van der Waals surface area contributed by atoms with Gasteiger partial charge in [0.25, 0.3) is 0 Å². The fraction of sp³-hybridized carbons (Fsp3) is 0. The van der Waals surface area contributed by atoms with Gasteiger partial charge in [0.2, 0.25) is 0 Å². The largest absolute Gasteiger partial charge is 0.0622 e. The molecule has 58 heavy (non-hydrogen) atoms. The maximum atomic E-state index is 2.45. The van der Waals surface area contributed by atoms with Crippen molar-refractivity contribution in [1.29, 1.82) is 0 Å². The summed E-state index contributed by atoms with van der Waals surface area (Å²) in [4.78, 5) is 0. The van der Waals surface area contributed by atoms with Crippen molar-refractivity contribution < 1.29 is 0 Å². The van der Waals surface area contributed by atoms with Crippen molar-refractivity contribution in [2.24, 2.45) is 0 Å². The molecule has 0 spiro atoms. The number of hydrogen-bond donors (Lipinski definition) is 0. The average Bonchev–Trinajstić information content (AvgIpc) is 3.30. The van der Waals surface area contributed by atoms with E-state index in [0.717, 1.165) is 0 Å². The summed E-state index contributed by atoms with van der Waals surface area (Å²) >= 11 is 0. The van der Waals surface area contributed by atoms with Crippen LogP contribution in [-0.2, 0) is 0 Å². The Hall–Kier alpha value is -7.54. The van der Waals surface area contributed by atoms with Crippen molar-refractivity contribution in [3.05, 3.63) is 231 Å². The zero-order chi connectivity index (χ0) is 38.4. The van der Waals surface area contributed by atoms with Gasteiger partial charge in [-0.05, 0) is 134 Å². The van der Waals surface area contributed by atoms with E-state index >= 15 is 0 Å². The molecule has 11 rings (SSSR count). The second-order valence-electron chi connectivity index (χ2n) is 15.2. The lowest BCUT2D eigenvalue weighted by Gasteiger charge is -2.20. The quantitative estimate of drug-likeness (QED) is 0.149. The topological polar surface area (TPSA) is 0 Å². The molecule has 270 valence electrons. The van der Waals surface area contributed by atoms with Gasteiger partial charge in [-0.15, -0.1) is 0 Å². The molecule has 0 saturated carbocycles. The Bertz CT molecular complexity index is 3240. The summed E-state index contributed by atoms with van der Waals surface area (Å²) in [5, 5.41) is 10.0. The predicted octanol–water partition coefficient (Wildman–Crippen LogP) is 16.3. The summed E-state index contributed by atoms with van der Waals surface area (Å²) in [6.07, 6.45) is 0. The van der Waals surface area contributed by atoms with Gasteiger partial charge in [0, 0.05) is 0 Å². The summed E-state index contributed by atoms with van der Waals surface area (Å²) < 4.78 is 0. The zero-order valence-corrected chi connectivity index (χ0v) is 31.9. The average molecular weight is 735 g/mol. The molecule has 0 unspecified atom stereocenters. The minimum Gasteiger partial charge on any atom is -0.0622 e. The summed E-state index contributed by atoms with van der Waals surface area (Å²) in [5.74, 6) is 0. The number of rotatable bonds is 6. The van der Waals surface area contributed by atoms with Crippen LogP contribution in [0.4, 0.5) is 0 Å². The van der Waals surface area contributed by atoms with Gasteiger partial charge >= 0.3 is 0 Å². The van der Waals surface area contributed by atoms with Gasteiger partial charge in [0.15, 0.2) is 0 Å². The fourth-order valence-electron chi connectivity index (χ4n) is 9.19. The smallest absolute Gasteiger partial charge is 0.00199 e. The minimum absolute atomic E-state index is 1.20. The van der Waals surface area contributed by atoms with Crippen LogP contribution in [-0.4, -0.2) is 0 Å². The first kappa shape index (κ1) is 33.8. The predicted molar refractivity (Wildman–Crippen MR) is 249 cm³/mol. The summed E-state index contributed by atoms with van der Waals surface area (Å²) in [5.41, 5.74) is 14.7. The van der Waals surface area contributed by atoms with Gasteiger partial charge in [0.1, 0.15) is 0 Å². The maximum absolute atomic E-state index is 2.45. The summed E-state index contributed by atoms with van der Waals surface area (Å²) in [6.45, 7) is 0. The van der Waals surface area contributed by atoms with Crippen LogP contribution in [0.5, 0.6) is 0 Å². The highest BCUT2D eigenvalue weighted by Gasteiger charge is 2.20. The Kier molecular flexibility index (Phi) is 8.26. The Morgan fingerprint density at radius 3 is 1.24 bits per heavy atom. The molecule has 0 aromatic heterocycles. The van der Waals surface area contributed by atoms with Crippen molar-refractivity contribution in [2.75, 3.05) is 0 Å². The molecule has 0 aliphatic rings. The lowest BCUT2D eigenvalue weighted by Crippen LogP contribution is -1.93. The third kappa shape index (κ3) is 5.78. The highest BCUT2D eigenvalue weighted by Crippen LogP contribution is 2.47. The number of fused-ring (bicyclic) bond motifs is 4. The van der Waals surface area contributed by atoms with E-state index in [-0.39, 0.29) is 0 Å². The molecule has 0 heteroatoms. The van der Waals surface area contributed by atoms with Crippen LogP contribution >= 0.6 is 0 Å². The standard InChI is InChI=1S/C58H38/c1-4-17-39(18-5-1)44-35-45(40-19-6-2-7-20-40)37-46(36-44)49-29-16-30-50-48(28-15-31-51(49)50)43-33-34-55-56(38-43)58(52-32-14-24-41-21-10-11-25-47(41)52)54-27-13-12-26-53(54)57(55)42-22-8-3-9-23-42/h1-38H. The van der Waals surface area contributed by atoms with Gasteiger partial charge in [-0.3, -0.25) is 0 Å². The molecular weight excluding hydrogens is 697 g/mol. The molecule has 0 radical (unpaired) electrons.